The molecule has 0 unspecified atom stereocenters. The van der Waals surface area contributed by atoms with Crippen LogP contribution >= 0.6 is 24.0 Å². The minimum atomic E-state index is 0. The molecule has 2 aromatic rings. The second-order valence-electron chi connectivity index (χ2n) is 6.46. The highest BCUT2D eigenvalue weighted by molar-refractivity contribution is 14.0. The van der Waals surface area contributed by atoms with Crippen molar-refractivity contribution < 1.29 is 9.26 Å². The van der Waals surface area contributed by atoms with E-state index in [1.54, 1.807) is 13.4 Å². The van der Waals surface area contributed by atoms with E-state index in [1.807, 2.05) is 20.0 Å². The van der Waals surface area contributed by atoms with Crippen LogP contribution in [0.2, 0.25) is 0 Å². The monoisotopic (exact) mass is 485 g/mol. The number of guanidine groups is 1. The van der Waals surface area contributed by atoms with Crippen LogP contribution < -0.4 is 10.1 Å². The number of nitrogens with zero attached hydrogens (tertiary/aromatic N) is 4. The van der Waals surface area contributed by atoms with Crippen LogP contribution in [0.25, 0.3) is 0 Å². The Morgan fingerprint density at radius 3 is 2.67 bits per heavy atom. The molecular weight excluding hydrogens is 457 g/mol. The molecule has 1 aromatic heterocycles. The number of ether oxygens (including phenoxy) is 1. The maximum atomic E-state index is 5.40. The van der Waals surface area contributed by atoms with E-state index in [0.29, 0.717) is 0 Å². The summed E-state index contributed by atoms with van der Waals surface area (Å²) in [6, 6.07) is 8.20. The van der Waals surface area contributed by atoms with Crippen molar-refractivity contribution in [3.63, 3.8) is 0 Å². The van der Waals surface area contributed by atoms with Crippen molar-refractivity contribution in [3.8, 4) is 5.75 Å². The van der Waals surface area contributed by atoms with Crippen LogP contribution in [0.5, 0.6) is 5.75 Å². The van der Waals surface area contributed by atoms with E-state index >= 15 is 0 Å². The molecule has 1 saturated heterocycles. The molecule has 0 spiro atoms. The van der Waals surface area contributed by atoms with Crippen LogP contribution in [0.3, 0.4) is 0 Å². The van der Waals surface area contributed by atoms with Gasteiger partial charge in [-0.3, -0.25) is 9.89 Å². The number of hydrogen-bond donors (Lipinski definition) is 1. The third-order valence-electron chi connectivity index (χ3n) is 4.68. The molecule has 0 saturated carbocycles. The van der Waals surface area contributed by atoms with Gasteiger partial charge in [-0.25, -0.2) is 0 Å². The van der Waals surface area contributed by atoms with E-state index in [-0.39, 0.29) is 24.0 Å². The summed E-state index contributed by atoms with van der Waals surface area (Å²) in [7, 11) is 3.54. The quantitative estimate of drug-likeness (QED) is 0.399. The zero-order valence-electron chi connectivity index (χ0n) is 16.1. The minimum absolute atomic E-state index is 0. The van der Waals surface area contributed by atoms with Gasteiger partial charge in [0.15, 0.2) is 5.96 Å². The normalized spacial score (nSPS) is 15.4. The Kier molecular flexibility index (Phi) is 8.36. The Morgan fingerprint density at radius 1 is 1.26 bits per heavy atom. The summed E-state index contributed by atoms with van der Waals surface area (Å²) in [6.07, 6.45) is 1.62. The van der Waals surface area contributed by atoms with E-state index in [0.717, 1.165) is 62.2 Å². The molecular formula is C19H28IN5O2. The lowest BCUT2D eigenvalue weighted by molar-refractivity contribution is 0.169. The second-order valence-corrected chi connectivity index (χ2v) is 6.46. The van der Waals surface area contributed by atoms with Gasteiger partial charge in [0.2, 0.25) is 0 Å². The molecule has 1 aromatic carbocycles. The standard InChI is InChI=1S/C19H27N5O2.HI/c1-15-4-5-16(12-18(15)25-3)13-21-19(20-2)24-9-7-23(8-10-24)14-17-6-11-26-22-17;/h4-6,11-12H,7-10,13-14H2,1-3H3,(H,20,21);1H. The number of nitrogens with one attached hydrogen (secondary N) is 1. The number of aliphatic imine (C=N–C) groups is 1. The van der Waals surface area contributed by atoms with Gasteiger partial charge in [0.25, 0.3) is 0 Å². The molecule has 3 rings (SSSR count). The first kappa shape index (κ1) is 21.5. The van der Waals surface area contributed by atoms with Crippen LogP contribution in [0.15, 0.2) is 40.0 Å². The van der Waals surface area contributed by atoms with E-state index in [4.69, 9.17) is 9.26 Å². The fraction of sp³-hybridized carbons (Fsp3) is 0.474. The molecule has 7 nitrogen and oxygen atoms in total. The third kappa shape index (κ3) is 5.83. The maximum absolute atomic E-state index is 5.40. The summed E-state index contributed by atoms with van der Waals surface area (Å²) < 4.78 is 10.3. The topological polar surface area (TPSA) is 66.1 Å². The molecule has 0 radical (unpaired) electrons. The van der Waals surface area contributed by atoms with Gasteiger partial charge in [0, 0.05) is 52.4 Å². The van der Waals surface area contributed by atoms with Gasteiger partial charge in [-0.1, -0.05) is 17.3 Å². The van der Waals surface area contributed by atoms with Crippen LogP contribution in [-0.2, 0) is 13.1 Å². The van der Waals surface area contributed by atoms with Crippen molar-refractivity contribution in [2.24, 2.45) is 4.99 Å². The van der Waals surface area contributed by atoms with Crippen LogP contribution in [0.4, 0.5) is 0 Å². The van der Waals surface area contributed by atoms with Crippen molar-refractivity contribution in [2.45, 2.75) is 20.0 Å². The van der Waals surface area contributed by atoms with Gasteiger partial charge >= 0.3 is 0 Å². The predicted octanol–water partition coefficient (Wildman–Crippen LogP) is 2.50. The molecule has 148 valence electrons. The summed E-state index contributed by atoms with van der Waals surface area (Å²) in [5, 5.41) is 7.45. The largest absolute Gasteiger partial charge is 0.496 e. The Hall–Kier alpha value is -1.81. The number of methoxy groups -OCH3 is 1. The number of aromatic nitrogens is 1. The minimum Gasteiger partial charge on any atom is -0.496 e. The number of piperazine rings is 1. The van der Waals surface area contributed by atoms with Crippen molar-refractivity contribution in [3.05, 3.63) is 47.3 Å². The molecule has 8 heteroatoms. The van der Waals surface area contributed by atoms with E-state index < -0.39 is 0 Å². The first-order chi connectivity index (χ1) is 12.7. The van der Waals surface area contributed by atoms with Crippen molar-refractivity contribution in [2.75, 3.05) is 40.3 Å². The van der Waals surface area contributed by atoms with E-state index in [1.165, 1.54) is 5.56 Å². The highest BCUT2D eigenvalue weighted by atomic mass is 127. The van der Waals surface area contributed by atoms with Crippen molar-refractivity contribution >= 4 is 29.9 Å². The smallest absolute Gasteiger partial charge is 0.194 e. The molecule has 1 aliphatic heterocycles. The Morgan fingerprint density at radius 2 is 2.04 bits per heavy atom. The fourth-order valence-corrected chi connectivity index (χ4v) is 3.15. The molecule has 0 amide bonds. The van der Waals surface area contributed by atoms with Crippen molar-refractivity contribution in [1.82, 2.24) is 20.3 Å². The fourth-order valence-electron chi connectivity index (χ4n) is 3.15. The van der Waals surface area contributed by atoms with Gasteiger partial charge in [-0.05, 0) is 24.1 Å². The SMILES string of the molecule is CN=C(NCc1ccc(C)c(OC)c1)N1CCN(Cc2ccon2)CC1.I. The van der Waals surface area contributed by atoms with Gasteiger partial charge in [0.05, 0.1) is 12.8 Å². The number of halogens is 1. The predicted molar refractivity (Wildman–Crippen MR) is 117 cm³/mol. The zero-order chi connectivity index (χ0) is 18.4. The van der Waals surface area contributed by atoms with Crippen molar-refractivity contribution in [1.29, 1.82) is 0 Å². The molecule has 0 atom stereocenters. The molecule has 27 heavy (non-hydrogen) atoms. The van der Waals surface area contributed by atoms with E-state index in [9.17, 15) is 0 Å². The van der Waals surface area contributed by atoms with Crippen LogP contribution in [0.1, 0.15) is 16.8 Å². The summed E-state index contributed by atoms with van der Waals surface area (Å²) in [5.41, 5.74) is 3.30. The highest BCUT2D eigenvalue weighted by Gasteiger charge is 2.20. The lowest BCUT2D eigenvalue weighted by Crippen LogP contribution is -2.52. The second kappa shape index (κ2) is 10.5. The summed E-state index contributed by atoms with van der Waals surface area (Å²) in [5.74, 6) is 1.85. The molecule has 1 N–H and O–H groups in total. The summed E-state index contributed by atoms with van der Waals surface area (Å²) in [6.45, 7) is 7.44. The third-order valence-corrected chi connectivity index (χ3v) is 4.68. The summed E-state index contributed by atoms with van der Waals surface area (Å²) in [4.78, 5) is 9.12. The first-order valence-corrected chi connectivity index (χ1v) is 8.90. The van der Waals surface area contributed by atoms with Gasteiger partial charge in [-0.15, -0.1) is 24.0 Å². The average Bonchev–Trinajstić information content (AvgIpc) is 3.17. The van der Waals surface area contributed by atoms with Gasteiger partial charge in [0.1, 0.15) is 12.0 Å². The number of benzene rings is 1. The molecule has 0 bridgehead atoms. The lowest BCUT2D eigenvalue weighted by Gasteiger charge is -2.36. The zero-order valence-corrected chi connectivity index (χ0v) is 18.5. The molecule has 1 fully saturated rings. The Labute approximate surface area is 177 Å². The first-order valence-electron chi connectivity index (χ1n) is 8.90. The Balaban J connectivity index is 0.00000261. The van der Waals surface area contributed by atoms with Gasteiger partial charge in [-0.2, -0.15) is 0 Å². The lowest BCUT2D eigenvalue weighted by atomic mass is 10.1. The number of aryl methyl sites for hydroxylation is 1. The average molecular weight is 485 g/mol. The number of rotatable bonds is 5. The number of hydrogen-bond acceptors (Lipinski definition) is 5. The molecule has 2 heterocycles. The van der Waals surface area contributed by atoms with Crippen LogP contribution in [0, 0.1) is 6.92 Å². The molecule has 1 aliphatic rings. The summed E-state index contributed by atoms with van der Waals surface area (Å²) >= 11 is 0. The van der Waals surface area contributed by atoms with Gasteiger partial charge < -0.3 is 19.5 Å². The van der Waals surface area contributed by atoms with Crippen LogP contribution in [-0.4, -0.2) is 61.3 Å². The molecule has 0 aliphatic carbocycles. The highest BCUT2D eigenvalue weighted by Crippen LogP contribution is 2.18. The van der Waals surface area contributed by atoms with E-state index in [2.05, 4.69) is 43.5 Å². The maximum Gasteiger partial charge on any atom is 0.194 e. The Bertz CT molecular complexity index is 728.